The van der Waals surface area contributed by atoms with Crippen molar-refractivity contribution >= 4 is 17.7 Å². The Bertz CT molecular complexity index is 339. The van der Waals surface area contributed by atoms with Crippen molar-refractivity contribution in [2.45, 2.75) is 17.7 Å². The highest BCUT2D eigenvalue weighted by Gasteiger charge is 2.05. The summed E-state index contributed by atoms with van der Waals surface area (Å²) in [6, 6.07) is 4.87. The van der Waals surface area contributed by atoms with Gasteiger partial charge in [0.15, 0.2) is 0 Å². The summed E-state index contributed by atoms with van der Waals surface area (Å²) in [7, 11) is 0. The third-order valence-corrected chi connectivity index (χ3v) is 2.59. The number of halogens is 1. The number of thioether (sulfide) groups is 1. The Labute approximate surface area is 86.1 Å². The fourth-order valence-electron chi connectivity index (χ4n) is 1.10. The van der Waals surface area contributed by atoms with Gasteiger partial charge in [-0.05, 0) is 30.4 Å². The van der Waals surface area contributed by atoms with E-state index in [-0.39, 0.29) is 18.7 Å². The monoisotopic (exact) mass is 214 g/mol. The van der Waals surface area contributed by atoms with E-state index in [1.807, 2.05) is 6.26 Å². The first-order chi connectivity index (χ1) is 6.63. The van der Waals surface area contributed by atoms with Crippen molar-refractivity contribution in [3.8, 4) is 0 Å². The fourth-order valence-corrected chi connectivity index (χ4v) is 1.52. The van der Waals surface area contributed by atoms with E-state index in [4.69, 9.17) is 5.11 Å². The number of carboxylic acids is 1. The van der Waals surface area contributed by atoms with E-state index in [0.29, 0.717) is 5.56 Å². The lowest BCUT2D eigenvalue weighted by atomic mass is 10.1. The van der Waals surface area contributed by atoms with Gasteiger partial charge in [-0.3, -0.25) is 4.79 Å². The third kappa shape index (κ3) is 3.03. The summed E-state index contributed by atoms with van der Waals surface area (Å²) < 4.78 is 13.3. The van der Waals surface area contributed by atoms with Crippen LogP contribution in [0.15, 0.2) is 23.1 Å². The molecule has 0 radical (unpaired) electrons. The molecule has 0 aromatic heterocycles. The van der Waals surface area contributed by atoms with Crippen LogP contribution in [0.25, 0.3) is 0 Å². The Balaban J connectivity index is 2.73. The molecule has 1 rings (SSSR count). The molecule has 1 N–H and O–H groups in total. The lowest BCUT2D eigenvalue weighted by Gasteiger charge is -2.02. The van der Waals surface area contributed by atoms with Gasteiger partial charge in [-0.2, -0.15) is 0 Å². The molecule has 1 aromatic carbocycles. The zero-order chi connectivity index (χ0) is 10.6. The number of hydrogen-bond acceptors (Lipinski definition) is 2. The average molecular weight is 214 g/mol. The van der Waals surface area contributed by atoms with Gasteiger partial charge < -0.3 is 5.11 Å². The number of aryl methyl sites for hydroxylation is 1. The van der Waals surface area contributed by atoms with E-state index in [9.17, 15) is 9.18 Å². The molecule has 0 bridgehead atoms. The zero-order valence-electron chi connectivity index (χ0n) is 7.79. The first-order valence-electron chi connectivity index (χ1n) is 4.17. The van der Waals surface area contributed by atoms with Crippen LogP contribution in [0, 0.1) is 5.82 Å². The highest BCUT2D eigenvalue weighted by atomic mass is 32.2. The van der Waals surface area contributed by atoms with Crippen molar-refractivity contribution < 1.29 is 14.3 Å². The molecule has 0 unspecified atom stereocenters. The molecule has 0 aliphatic rings. The Morgan fingerprint density at radius 3 is 2.79 bits per heavy atom. The molecule has 0 saturated carbocycles. The molecule has 76 valence electrons. The molecule has 0 aliphatic heterocycles. The maximum absolute atomic E-state index is 13.3. The van der Waals surface area contributed by atoms with E-state index in [1.165, 1.54) is 17.8 Å². The molecule has 14 heavy (non-hydrogen) atoms. The van der Waals surface area contributed by atoms with Gasteiger partial charge in [0, 0.05) is 11.3 Å². The topological polar surface area (TPSA) is 37.3 Å². The van der Waals surface area contributed by atoms with Crippen LogP contribution in [-0.4, -0.2) is 17.3 Å². The van der Waals surface area contributed by atoms with Gasteiger partial charge in [-0.25, -0.2) is 4.39 Å². The summed E-state index contributed by atoms with van der Waals surface area (Å²) in [4.78, 5) is 11.1. The van der Waals surface area contributed by atoms with Gasteiger partial charge in [0.2, 0.25) is 0 Å². The maximum atomic E-state index is 13.3. The van der Waals surface area contributed by atoms with Crippen molar-refractivity contribution in [1.82, 2.24) is 0 Å². The average Bonchev–Trinajstić information content (AvgIpc) is 2.15. The molecule has 0 atom stereocenters. The minimum atomic E-state index is -0.904. The number of aliphatic carboxylic acids is 1. The Kier molecular flexibility index (Phi) is 3.95. The quantitative estimate of drug-likeness (QED) is 0.783. The summed E-state index contributed by atoms with van der Waals surface area (Å²) in [6.45, 7) is 0. The number of hydrogen-bond donors (Lipinski definition) is 1. The van der Waals surface area contributed by atoms with Gasteiger partial charge in [0.25, 0.3) is 0 Å². The predicted octanol–water partition coefficient (Wildman–Crippen LogP) is 2.56. The van der Waals surface area contributed by atoms with E-state index in [0.717, 1.165) is 4.90 Å². The molecule has 0 aliphatic carbocycles. The van der Waals surface area contributed by atoms with Gasteiger partial charge in [0.1, 0.15) is 5.82 Å². The molecule has 0 heterocycles. The second-order valence-electron chi connectivity index (χ2n) is 2.85. The number of carboxylic acid groups (broad SMARTS) is 1. The Morgan fingerprint density at radius 2 is 2.29 bits per heavy atom. The van der Waals surface area contributed by atoms with Crippen molar-refractivity contribution in [2.75, 3.05) is 6.26 Å². The molecular weight excluding hydrogens is 203 g/mol. The summed E-state index contributed by atoms with van der Waals surface area (Å²) in [5.74, 6) is -1.23. The zero-order valence-corrected chi connectivity index (χ0v) is 8.60. The standard InChI is InChI=1S/C10H11FO2S/c1-14-8-4-2-7(9(11)6-8)3-5-10(12)13/h2,4,6H,3,5H2,1H3,(H,12,13). The highest BCUT2D eigenvalue weighted by molar-refractivity contribution is 7.98. The molecule has 4 heteroatoms. The normalized spacial score (nSPS) is 10.1. The van der Waals surface area contributed by atoms with Crippen LogP contribution < -0.4 is 0 Å². The van der Waals surface area contributed by atoms with Gasteiger partial charge in [0.05, 0.1) is 0 Å². The van der Waals surface area contributed by atoms with E-state index >= 15 is 0 Å². The number of carbonyl (C=O) groups is 1. The molecule has 1 aromatic rings. The SMILES string of the molecule is CSc1ccc(CCC(=O)O)c(F)c1. The first-order valence-corrected chi connectivity index (χ1v) is 5.40. The van der Waals surface area contributed by atoms with Crippen molar-refractivity contribution in [2.24, 2.45) is 0 Å². The molecule has 0 fully saturated rings. The Morgan fingerprint density at radius 1 is 1.57 bits per heavy atom. The van der Waals surface area contributed by atoms with Gasteiger partial charge in [-0.15, -0.1) is 11.8 Å². The molecule has 0 spiro atoms. The van der Waals surface area contributed by atoms with Crippen LogP contribution in [-0.2, 0) is 11.2 Å². The smallest absolute Gasteiger partial charge is 0.303 e. The summed E-state index contributed by atoms with van der Waals surface area (Å²) in [6.07, 6.45) is 2.08. The lowest BCUT2D eigenvalue weighted by molar-refractivity contribution is -0.136. The van der Waals surface area contributed by atoms with Gasteiger partial charge in [-0.1, -0.05) is 6.07 Å². The van der Waals surface area contributed by atoms with E-state index < -0.39 is 5.97 Å². The second-order valence-corrected chi connectivity index (χ2v) is 3.73. The maximum Gasteiger partial charge on any atom is 0.303 e. The van der Waals surface area contributed by atoms with E-state index in [1.54, 1.807) is 12.1 Å². The Hall–Kier alpha value is -1.03. The van der Waals surface area contributed by atoms with E-state index in [2.05, 4.69) is 0 Å². The first kappa shape index (κ1) is 11.0. The van der Waals surface area contributed by atoms with Crippen LogP contribution in [0.2, 0.25) is 0 Å². The van der Waals surface area contributed by atoms with Crippen LogP contribution in [0.5, 0.6) is 0 Å². The third-order valence-electron chi connectivity index (χ3n) is 1.87. The predicted molar refractivity (Wildman–Crippen MR) is 54.1 cm³/mol. The molecule has 0 amide bonds. The molecular formula is C10H11FO2S. The molecule has 0 saturated heterocycles. The number of benzene rings is 1. The largest absolute Gasteiger partial charge is 0.481 e. The summed E-state index contributed by atoms with van der Waals surface area (Å²) >= 11 is 1.46. The van der Waals surface area contributed by atoms with Crippen molar-refractivity contribution in [3.05, 3.63) is 29.6 Å². The lowest BCUT2D eigenvalue weighted by Crippen LogP contribution is -1.99. The number of rotatable bonds is 4. The van der Waals surface area contributed by atoms with Crippen LogP contribution in [0.4, 0.5) is 4.39 Å². The van der Waals surface area contributed by atoms with Crippen LogP contribution in [0.3, 0.4) is 0 Å². The van der Waals surface area contributed by atoms with Gasteiger partial charge >= 0.3 is 5.97 Å². The minimum absolute atomic E-state index is 0.0322. The second kappa shape index (κ2) is 5.00. The molecule has 2 nitrogen and oxygen atoms in total. The highest BCUT2D eigenvalue weighted by Crippen LogP contribution is 2.19. The van der Waals surface area contributed by atoms with Crippen LogP contribution >= 0.6 is 11.8 Å². The fraction of sp³-hybridized carbons (Fsp3) is 0.300. The van der Waals surface area contributed by atoms with Crippen LogP contribution in [0.1, 0.15) is 12.0 Å². The van der Waals surface area contributed by atoms with Crippen molar-refractivity contribution in [3.63, 3.8) is 0 Å². The minimum Gasteiger partial charge on any atom is -0.481 e. The summed E-state index contributed by atoms with van der Waals surface area (Å²) in [5.41, 5.74) is 0.463. The summed E-state index contributed by atoms with van der Waals surface area (Å²) in [5, 5.41) is 8.44. The van der Waals surface area contributed by atoms with Crippen molar-refractivity contribution in [1.29, 1.82) is 0 Å².